The summed E-state index contributed by atoms with van der Waals surface area (Å²) in [6, 6.07) is 1.83. The Morgan fingerprint density at radius 1 is 1.67 bits per heavy atom. The Bertz CT molecular complexity index is 215. The van der Waals surface area contributed by atoms with Crippen LogP contribution < -0.4 is 5.32 Å². The predicted octanol–water partition coefficient (Wildman–Crippen LogP) is 1.76. The first-order chi connectivity index (χ1) is 5.83. The summed E-state index contributed by atoms with van der Waals surface area (Å²) in [5.74, 6) is 1.97. The topological polar surface area (TPSA) is 37.8 Å². The van der Waals surface area contributed by atoms with Crippen molar-refractivity contribution in [2.24, 2.45) is 5.92 Å². The maximum Gasteiger partial charge on any atom is 0.129 e. The number of aromatic nitrogens is 2. The molecule has 1 aromatic rings. The van der Waals surface area contributed by atoms with Gasteiger partial charge in [0, 0.05) is 18.6 Å². The second kappa shape index (κ2) is 4.93. The Labute approximate surface area is 77.2 Å². The number of alkyl halides is 1. The molecule has 0 amide bonds. The maximum atomic E-state index is 5.65. The predicted molar refractivity (Wildman–Crippen MR) is 50.4 cm³/mol. The number of nitrogens with zero attached hydrogens (tertiary/aromatic N) is 2. The van der Waals surface area contributed by atoms with E-state index in [1.54, 1.807) is 6.20 Å². The lowest BCUT2D eigenvalue weighted by molar-refractivity contribution is 0.694. The third-order valence-corrected chi connectivity index (χ3v) is 2.00. The lowest BCUT2D eigenvalue weighted by Crippen LogP contribution is -2.12. The molecule has 66 valence electrons. The molecule has 0 saturated heterocycles. The summed E-state index contributed by atoms with van der Waals surface area (Å²) in [5, 5.41) is 3.16. The number of nitrogens with one attached hydrogen (secondary N) is 1. The standard InChI is InChI=1S/C8H12ClN3/c1-7(4-9)5-11-8-2-3-10-6-12-8/h2-3,6-7H,4-5H2,1H3,(H,10,11,12). The van der Waals surface area contributed by atoms with Crippen LogP contribution in [0, 0.1) is 5.92 Å². The van der Waals surface area contributed by atoms with E-state index in [0.717, 1.165) is 12.4 Å². The number of halogens is 1. The van der Waals surface area contributed by atoms with Crippen LogP contribution in [0.5, 0.6) is 0 Å². The molecule has 0 aliphatic rings. The van der Waals surface area contributed by atoms with Crippen LogP contribution in [0.15, 0.2) is 18.6 Å². The highest BCUT2D eigenvalue weighted by Crippen LogP contribution is 2.02. The van der Waals surface area contributed by atoms with E-state index >= 15 is 0 Å². The van der Waals surface area contributed by atoms with Crippen molar-refractivity contribution in [3.8, 4) is 0 Å². The molecule has 0 saturated carbocycles. The summed E-state index contributed by atoms with van der Waals surface area (Å²) in [6.07, 6.45) is 3.23. The maximum absolute atomic E-state index is 5.65. The van der Waals surface area contributed by atoms with Gasteiger partial charge in [-0.1, -0.05) is 6.92 Å². The van der Waals surface area contributed by atoms with Gasteiger partial charge in [-0.25, -0.2) is 9.97 Å². The molecule has 0 spiro atoms. The lowest BCUT2D eigenvalue weighted by atomic mass is 10.2. The molecule has 1 aromatic heterocycles. The summed E-state index contributed by atoms with van der Waals surface area (Å²) in [4.78, 5) is 7.84. The van der Waals surface area contributed by atoms with Crippen LogP contribution in [0.3, 0.4) is 0 Å². The van der Waals surface area contributed by atoms with E-state index in [1.165, 1.54) is 6.33 Å². The molecule has 3 nitrogen and oxygen atoms in total. The summed E-state index contributed by atoms with van der Waals surface area (Å²) in [5.41, 5.74) is 0. The highest BCUT2D eigenvalue weighted by Gasteiger charge is 1.98. The van der Waals surface area contributed by atoms with Crippen LogP contribution in [-0.2, 0) is 0 Å². The second-order valence-electron chi connectivity index (χ2n) is 2.73. The van der Waals surface area contributed by atoms with Gasteiger partial charge in [-0.05, 0) is 12.0 Å². The molecule has 0 aromatic carbocycles. The molecular weight excluding hydrogens is 174 g/mol. The molecule has 0 fully saturated rings. The number of rotatable bonds is 4. The number of anilines is 1. The Kier molecular flexibility index (Phi) is 3.80. The first-order valence-corrected chi connectivity index (χ1v) is 4.42. The largest absolute Gasteiger partial charge is 0.370 e. The number of hydrogen-bond acceptors (Lipinski definition) is 3. The van der Waals surface area contributed by atoms with Gasteiger partial charge >= 0.3 is 0 Å². The van der Waals surface area contributed by atoms with Gasteiger partial charge in [0.2, 0.25) is 0 Å². The van der Waals surface area contributed by atoms with Crippen LogP contribution >= 0.6 is 11.6 Å². The van der Waals surface area contributed by atoms with E-state index in [9.17, 15) is 0 Å². The summed E-state index contributed by atoms with van der Waals surface area (Å²) in [6.45, 7) is 2.93. The minimum Gasteiger partial charge on any atom is -0.370 e. The highest BCUT2D eigenvalue weighted by atomic mass is 35.5. The zero-order valence-corrected chi connectivity index (χ0v) is 7.75. The van der Waals surface area contributed by atoms with E-state index in [2.05, 4.69) is 22.2 Å². The van der Waals surface area contributed by atoms with Crippen LogP contribution in [0.2, 0.25) is 0 Å². The zero-order valence-electron chi connectivity index (χ0n) is 7.00. The Hall–Kier alpha value is -0.830. The van der Waals surface area contributed by atoms with Gasteiger partial charge in [-0.2, -0.15) is 0 Å². The molecule has 0 bridgehead atoms. The lowest BCUT2D eigenvalue weighted by Gasteiger charge is -2.08. The second-order valence-corrected chi connectivity index (χ2v) is 3.04. The molecule has 1 heterocycles. The van der Waals surface area contributed by atoms with Gasteiger partial charge < -0.3 is 5.32 Å². The van der Waals surface area contributed by atoms with Gasteiger partial charge in [-0.3, -0.25) is 0 Å². The molecule has 0 aliphatic carbocycles. The zero-order chi connectivity index (χ0) is 8.81. The molecular formula is C8H12ClN3. The van der Waals surface area contributed by atoms with Crippen molar-refractivity contribution in [3.05, 3.63) is 18.6 Å². The summed E-state index contributed by atoms with van der Waals surface area (Å²) >= 11 is 5.65. The molecule has 0 radical (unpaired) electrons. The number of hydrogen-bond donors (Lipinski definition) is 1. The first kappa shape index (κ1) is 9.26. The fraction of sp³-hybridized carbons (Fsp3) is 0.500. The summed E-state index contributed by atoms with van der Waals surface area (Å²) in [7, 11) is 0. The van der Waals surface area contributed by atoms with Gasteiger partial charge in [-0.15, -0.1) is 11.6 Å². The first-order valence-electron chi connectivity index (χ1n) is 3.88. The molecule has 0 aliphatic heterocycles. The van der Waals surface area contributed by atoms with E-state index in [-0.39, 0.29) is 0 Å². The average molecular weight is 186 g/mol. The van der Waals surface area contributed by atoms with Crippen molar-refractivity contribution in [1.29, 1.82) is 0 Å². The quantitative estimate of drug-likeness (QED) is 0.727. The van der Waals surface area contributed by atoms with Crippen LogP contribution in [0.25, 0.3) is 0 Å². The fourth-order valence-corrected chi connectivity index (χ4v) is 0.838. The Balaban J connectivity index is 2.33. The van der Waals surface area contributed by atoms with Crippen molar-refractivity contribution in [2.75, 3.05) is 17.7 Å². The van der Waals surface area contributed by atoms with Crippen LogP contribution in [0.1, 0.15) is 6.92 Å². The molecule has 1 unspecified atom stereocenters. The SMILES string of the molecule is CC(CCl)CNc1ccncn1. The van der Waals surface area contributed by atoms with Crippen molar-refractivity contribution >= 4 is 17.4 Å². The molecule has 4 heteroatoms. The smallest absolute Gasteiger partial charge is 0.129 e. The average Bonchev–Trinajstić information content (AvgIpc) is 2.16. The monoisotopic (exact) mass is 185 g/mol. The van der Waals surface area contributed by atoms with Crippen molar-refractivity contribution < 1.29 is 0 Å². The van der Waals surface area contributed by atoms with Crippen molar-refractivity contribution in [2.45, 2.75) is 6.92 Å². The van der Waals surface area contributed by atoms with Gasteiger partial charge in [0.15, 0.2) is 0 Å². The van der Waals surface area contributed by atoms with Crippen LogP contribution in [-0.4, -0.2) is 22.4 Å². The van der Waals surface area contributed by atoms with E-state index in [0.29, 0.717) is 11.8 Å². The molecule has 1 atom stereocenters. The Morgan fingerprint density at radius 3 is 3.08 bits per heavy atom. The van der Waals surface area contributed by atoms with E-state index < -0.39 is 0 Å². The van der Waals surface area contributed by atoms with Crippen molar-refractivity contribution in [1.82, 2.24) is 9.97 Å². The fourth-order valence-electron chi connectivity index (χ4n) is 0.729. The van der Waals surface area contributed by atoms with Crippen LogP contribution in [0.4, 0.5) is 5.82 Å². The van der Waals surface area contributed by atoms with Gasteiger partial charge in [0.25, 0.3) is 0 Å². The highest BCUT2D eigenvalue weighted by molar-refractivity contribution is 6.18. The minimum atomic E-state index is 0.460. The van der Waals surface area contributed by atoms with Crippen molar-refractivity contribution in [3.63, 3.8) is 0 Å². The third kappa shape index (κ3) is 3.05. The molecule has 12 heavy (non-hydrogen) atoms. The van der Waals surface area contributed by atoms with E-state index in [1.807, 2.05) is 6.07 Å². The van der Waals surface area contributed by atoms with E-state index in [4.69, 9.17) is 11.6 Å². The minimum absolute atomic E-state index is 0.460. The molecule has 1 rings (SSSR count). The molecule has 1 N–H and O–H groups in total. The summed E-state index contributed by atoms with van der Waals surface area (Å²) < 4.78 is 0. The van der Waals surface area contributed by atoms with Gasteiger partial charge in [0.05, 0.1) is 0 Å². The normalized spacial score (nSPS) is 12.5. The third-order valence-electron chi connectivity index (χ3n) is 1.48. The van der Waals surface area contributed by atoms with Gasteiger partial charge in [0.1, 0.15) is 12.1 Å². The Morgan fingerprint density at radius 2 is 2.50 bits per heavy atom.